The minimum atomic E-state index is -4.71. The molecule has 0 heterocycles. The number of ether oxygens (including phenoxy) is 1. The average Bonchev–Trinajstić information content (AvgIpc) is 3.65. The summed E-state index contributed by atoms with van der Waals surface area (Å²) >= 11 is 0. The van der Waals surface area contributed by atoms with Crippen molar-refractivity contribution in [3.05, 3.63) is 60.8 Å². The molecule has 1 N–H and O–H groups in total. The number of nitrogens with zero attached hydrogens (tertiary/aromatic N) is 1. The second-order valence-electron chi connectivity index (χ2n) is 26.4. The van der Waals surface area contributed by atoms with Crippen LogP contribution in [0.1, 0.15) is 361 Å². The maximum atomic E-state index is 13.6. The standard InChI is InChI=1S/C76H143N2O7P/c1-7-10-13-16-19-22-25-28-30-32-34-36-37-38-39-40-41-43-45-47-49-51-54-57-60-63-66-69-76(80)85-74(67-64-61-58-55-52-27-24-21-18-15-12-9-3)73(72-84-86(81,82)83-71-70-78(4,5)6)77-75(79)68-65-62-59-56-53-50-48-46-44-42-35-33-31-29-26-23-20-17-14-11-8-2/h19-20,22-23,28-31,64,67,73-74H,7-18,21,24-27,32-63,65-66,68-72H2,1-6H3,(H-,77,79,81,82)/b22-19-,23-20-,30-28-,31-29-,67-64-. The maximum absolute atomic E-state index is 13.6. The van der Waals surface area contributed by atoms with Crippen molar-refractivity contribution < 1.29 is 37.3 Å². The van der Waals surface area contributed by atoms with E-state index in [-0.39, 0.29) is 31.5 Å². The van der Waals surface area contributed by atoms with Gasteiger partial charge in [0.2, 0.25) is 5.91 Å². The van der Waals surface area contributed by atoms with Crippen molar-refractivity contribution in [2.24, 2.45) is 0 Å². The first-order valence-corrected chi connectivity index (χ1v) is 38.6. The molecule has 3 atom stereocenters. The second kappa shape index (κ2) is 65.7. The molecule has 3 unspecified atom stereocenters. The molecular formula is C76H143N2O7P. The second-order valence-corrected chi connectivity index (χ2v) is 27.9. The summed E-state index contributed by atoms with van der Waals surface area (Å²) < 4.78 is 30.5. The summed E-state index contributed by atoms with van der Waals surface area (Å²) in [5.74, 6) is -0.528. The van der Waals surface area contributed by atoms with E-state index in [9.17, 15) is 19.0 Å². The van der Waals surface area contributed by atoms with Crippen LogP contribution in [0.15, 0.2) is 60.8 Å². The Balaban J connectivity index is 4.97. The van der Waals surface area contributed by atoms with E-state index in [1.807, 2.05) is 33.3 Å². The van der Waals surface area contributed by atoms with Crippen LogP contribution in [0, 0.1) is 0 Å². The van der Waals surface area contributed by atoms with E-state index in [4.69, 9.17) is 13.8 Å². The lowest BCUT2D eigenvalue weighted by Crippen LogP contribution is -2.47. The van der Waals surface area contributed by atoms with Crippen molar-refractivity contribution in [2.45, 2.75) is 373 Å². The molecule has 0 saturated carbocycles. The Morgan fingerprint density at radius 2 is 0.709 bits per heavy atom. The first-order chi connectivity index (χ1) is 41.9. The Morgan fingerprint density at radius 1 is 0.407 bits per heavy atom. The summed E-state index contributed by atoms with van der Waals surface area (Å²) in [6.07, 6.45) is 84.9. The van der Waals surface area contributed by atoms with E-state index < -0.39 is 20.0 Å². The Morgan fingerprint density at radius 3 is 1.07 bits per heavy atom. The molecule has 0 aromatic carbocycles. The minimum Gasteiger partial charge on any atom is -0.756 e. The summed E-state index contributed by atoms with van der Waals surface area (Å²) in [7, 11) is 1.19. The fourth-order valence-corrected chi connectivity index (χ4v) is 11.7. The normalized spacial score (nSPS) is 13.8. The van der Waals surface area contributed by atoms with Gasteiger partial charge in [-0.1, -0.05) is 313 Å². The van der Waals surface area contributed by atoms with Crippen LogP contribution in [-0.4, -0.2) is 69.4 Å². The molecule has 0 aliphatic rings. The van der Waals surface area contributed by atoms with Crippen molar-refractivity contribution in [1.82, 2.24) is 5.32 Å². The van der Waals surface area contributed by atoms with Gasteiger partial charge in [-0.2, -0.15) is 0 Å². The van der Waals surface area contributed by atoms with Gasteiger partial charge in [-0.15, -0.1) is 0 Å². The molecule has 86 heavy (non-hydrogen) atoms. The number of phosphoric ester groups is 1. The zero-order valence-corrected chi connectivity index (χ0v) is 58.7. The van der Waals surface area contributed by atoms with Gasteiger partial charge in [0.05, 0.1) is 33.8 Å². The lowest BCUT2D eigenvalue weighted by molar-refractivity contribution is -0.870. The molecule has 0 aromatic heterocycles. The van der Waals surface area contributed by atoms with Crippen LogP contribution in [0.2, 0.25) is 0 Å². The number of carbonyl (C=O) groups excluding carboxylic acids is 2. The summed E-state index contributed by atoms with van der Waals surface area (Å²) in [5, 5.41) is 3.05. The Bertz CT molecular complexity index is 1650. The van der Waals surface area contributed by atoms with Crippen molar-refractivity contribution in [2.75, 3.05) is 40.9 Å². The van der Waals surface area contributed by atoms with Crippen LogP contribution >= 0.6 is 7.82 Å². The lowest BCUT2D eigenvalue weighted by atomic mass is 10.0. The SMILES string of the molecule is CCCCC/C=C\C/C=C\CCCCCCCCCCCCCCCCCCCC(=O)OC(/C=C\CCCCCCCCCCCC)C(COP(=O)([O-])OCC[N+](C)(C)C)NC(=O)CCCCCCCCCCCCC/C=C\C/C=C\CCCCC. The van der Waals surface area contributed by atoms with E-state index >= 15 is 0 Å². The Hall–Kier alpha value is -2.29. The van der Waals surface area contributed by atoms with E-state index in [0.717, 1.165) is 70.6 Å². The molecule has 0 spiro atoms. The van der Waals surface area contributed by atoms with E-state index in [1.54, 1.807) is 0 Å². The number of phosphoric acid groups is 1. The molecule has 0 aliphatic carbocycles. The van der Waals surface area contributed by atoms with Gasteiger partial charge in [0.25, 0.3) is 7.82 Å². The van der Waals surface area contributed by atoms with Crippen LogP contribution in [0.25, 0.3) is 0 Å². The number of hydrogen-bond acceptors (Lipinski definition) is 7. The number of allylic oxidation sites excluding steroid dienone is 9. The highest BCUT2D eigenvalue weighted by atomic mass is 31.2. The molecule has 10 heteroatoms. The van der Waals surface area contributed by atoms with Crippen molar-refractivity contribution in [3.63, 3.8) is 0 Å². The number of esters is 1. The summed E-state index contributed by atoms with van der Waals surface area (Å²) in [5.41, 5.74) is 0. The Labute approximate surface area is 534 Å². The van der Waals surface area contributed by atoms with Crippen LogP contribution in [0.4, 0.5) is 0 Å². The predicted molar refractivity (Wildman–Crippen MR) is 372 cm³/mol. The van der Waals surface area contributed by atoms with Gasteiger partial charge >= 0.3 is 5.97 Å². The van der Waals surface area contributed by atoms with Crippen LogP contribution in [0.5, 0.6) is 0 Å². The molecule has 9 nitrogen and oxygen atoms in total. The van der Waals surface area contributed by atoms with Gasteiger partial charge in [-0.25, -0.2) is 0 Å². The first-order valence-electron chi connectivity index (χ1n) is 37.1. The van der Waals surface area contributed by atoms with Crippen LogP contribution in [-0.2, 0) is 27.9 Å². The number of quaternary nitrogens is 1. The third-order valence-corrected chi connectivity index (χ3v) is 17.6. The number of rotatable bonds is 68. The number of unbranched alkanes of at least 4 members (excludes halogenated alkanes) is 44. The molecule has 504 valence electrons. The van der Waals surface area contributed by atoms with Crippen molar-refractivity contribution >= 4 is 19.7 Å². The fraction of sp³-hybridized carbons (Fsp3) is 0.842. The Kier molecular flexibility index (Phi) is 63.9. The number of carbonyl (C=O) groups is 2. The molecule has 0 bridgehead atoms. The zero-order chi connectivity index (χ0) is 62.8. The average molecular weight is 1230 g/mol. The third-order valence-electron chi connectivity index (χ3n) is 16.7. The fourth-order valence-electron chi connectivity index (χ4n) is 10.9. The summed E-state index contributed by atoms with van der Waals surface area (Å²) in [6.45, 7) is 6.84. The molecule has 0 aromatic rings. The minimum absolute atomic E-state index is 0.0219. The third kappa shape index (κ3) is 66.1. The molecule has 0 fully saturated rings. The molecule has 0 rings (SSSR count). The van der Waals surface area contributed by atoms with E-state index in [1.165, 1.54) is 257 Å². The highest BCUT2D eigenvalue weighted by molar-refractivity contribution is 7.45. The molecule has 1 amide bonds. The topological polar surface area (TPSA) is 114 Å². The number of likely N-dealkylation sites (N-methyl/N-ethyl adjacent to an activating group) is 1. The van der Waals surface area contributed by atoms with Gasteiger partial charge < -0.3 is 28.5 Å². The maximum Gasteiger partial charge on any atom is 0.306 e. The van der Waals surface area contributed by atoms with Crippen molar-refractivity contribution in [3.8, 4) is 0 Å². The number of nitrogens with one attached hydrogen (secondary N) is 1. The van der Waals surface area contributed by atoms with Crippen LogP contribution < -0.4 is 10.2 Å². The monoisotopic (exact) mass is 1230 g/mol. The van der Waals surface area contributed by atoms with Gasteiger partial charge in [0, 0.05) is 12.8 Å². The highest BCUT2D eigenvalue weighted by Crippen LogP contribution is 2.38. The van der Waals surface area contributed by atoms with Gasteiger partial charge in [0.15, 0.2) is 0 Å². The van der Waals surface area contributed by atoms with Gasteiger partial charge in [0.1, 0.15) is 19.3 Å². The summed E-state index contributed by atoms with van der Waals surface area (Å²) in [6, 6.07) is -0.890. The van der Waals surface area contributed by atoms with Gasteiger partial charge in [-0.05, 0) is 96.0 Å². The predicted octanol–water partition coefficient (Wildman–Crippen LogP) is 23.1. The highest BCUT2D eigenvalue weighted by Gasteiger charge is 2.27. The smallest absolute Gasteiger partial charge is 0.306 e. The van der Waals surface area contributed by atoms with E-state index in [2.05, 4.69) is 74.7 Å². The zero-order valence-electron chi connectivity index (χ0n) is 57.8. The first kappa shape index (κ1) is 83.7. The lowest BCUT2D eigenvalue weighted by Gasteiger charge is -2.30. The molecular weight excluding hydrogens is 1080 g/mol. The van der Waals surface area contributed by atoms with Crippen molar-refractivity contribution in [1.29, 1.82) is 0 Å². The van der Waals surface area contributed by atoms with Gasteiger partial charge in [-0.3, -0.25) is 14.2 Å². The summed E-state index contributed by atoms with van der Waals surface area (Å²) in [4.78, 5) is 40.2. The number of amides is 1. The number of hydrogen-bond donors (Lipinski definition) is 1. The molecule has 0 radical (unpaired) electrons. The quantitative estimate of drug-likeness (QED) is 0.0212. The van der Waals surface area contributed by atoms with E-state index in [0.29, 0.717) is 17.4 Å². The van der Waals surface area contributed by atoms with Crippen LogP contribution in [0.3, 0.4) is 0 Å². The molecule has 0 aliphatic heterocycles. The largest absolute Gasteiger partial charge is 0.756 e. The molecule has 0 saturated heterocycles.